The van der Waals surface area contributed by atoms with Crippen LogP contribution < -0.4 is 11.3 Å². The maximum Gasteiger partial charge on any atom is 0.0410 e. The molecule has 2 rings (SSSR count). The Bertz CT molecular complexity index is 516. The molecule has 0 saturated heterocycles. The first-order valence-electron chi connectivity index (χ1n) is 6.87. The fourth-order valence-electron chi connectivity index (χ4n) is 2.29. The van der Waals surface area contributed by atoms with Gasteiger partial charge >= 0.3 is 0 Å². The summed E-state index contributed by atoms with van der Waals surface area (Å²) in [5.74, 6) is 5.66. The van der Waals surface area contributed by atoms with Gasteiger partial charge in [0.05, 0.1) is 0 Å². The van der Waals surface area contributed by atoms with Gasteiger partial charge in [0.25, 0.3) is 0 Å². The molecule has 0 bridgehead atoms. The van der Waals surface area contributed by atoms with Crippen molar-refractivity contribution in [2.75, 3.05) is 0 Å². The maximum atomic E-state index is 5.66. The summed E-state index contributed by atoms with van der Waals surface area (Å²) < 4.78 is 1.01. The largest absolute Gasteiger partial charge is 0.271 e. The molecule has 0 fully saturated rings. The van der Waals surface area contributed by atoms with Gasteiger partial charge in [-0.05, 0) is 58.8 Å². The number of hydrazine groups is 1. The second-order valence-electron chi connectivity index (χ2n) is 4.96. The van der Waals surface area contributed by atoms with E-state index in [1.165, 1.54) is 11.1 Å². The lowest BCUT2D eigenvalue weighted by atomic mass is 10.0. The number of nitrogens with zero attached hydrogens (tertiary/aromatic N) is 1. The quantitative estimate of drug-likeness (QED) is 0.604. The van der Waals surface area contributed by atoms with Crippen molar-refractivity contribution in [3.05, 3.63) is 64.4 Å². The average Bonchev–Trinajstić information content (AvgIpc) is 2.47. The summed E-state index contributed by atoms with van der Waals surface area (Å²) in [4.78, 5) is 4.18. The number of rotatable bonds is 7. The van der Waals surface area contributed by atoms with Gasteiger partial charge in [0.1, 0.15) is 0 Å². The van der Waals surface area contributed by atoms with E-state index in [0.717, 1.165) is 30.2 Å². The molecule has 0 spiro atoms. The lowest BCUT2D eigenvalue weighted by Gasteiger charge is -2.15. The van der Waals surface area contributed by atoms with Crippen molar-refractivity contribution in [3.63, 3.8) is 0 Å². The molecule has 3 N–H and O–H groups in total. The highest BCUT2D eigenvalue weighted by atomic mass is 79.9. The van der Waals surface area contributed by atoms with Crippen LogP contribution in [-0.4, -0.2) is 11.0 Å². The molecule has 1 atom stereocenters. The maximum absolute atomic E-state index is 5.66. The van der Waals surface area contributed by atoms with E-state index < -0.39 is 0 Å². The number of nitrogens with one attached hydrogen (secondary N) is 1. The molecular formula is C16H20BrN3. The number of nitrogens with two attached hydrogens (primary N) is 1. The van der Waals surface area contributed by atoms with Gasteiger partial charge in [-0.15, -0.1) is 0 Å². The molecule has 4 heteroatoms. The third-order valence-corrected chi connectivity index (χ3v) is 3.77. The van der Waals surface area contributed by atoms with Gasteiger partial charge in [-0.1, -0.05) is 30.3 Å². The van der Waals surface area contributed by atoms with E-state index in [-0.39, 0.29) is 6.04 Å². The van der Waals surface area contributed by atoms with E-state index in [1.54, 1.807) is 6.20 Å². The molecule has 3 nitrogen and oxygen atoms in total. The Morgan fingerprint density at radius 1 is 1.15 bits per heavy atom. The molecule has 20 heavy (non-hydrogen) atoms. The molecule has 1 aromatic heterocycles. The third-order valence-electron chi connectivity index (χ3n) is 3.34. The van der Waals surface area contributed by atoms with Gasteiger partial charge in [0.2, 0.25) is 0 Å². The smallest absolute Gasteiger partial charge is 0.0410 e. The monoisotopic (exact) mass is 333 g/mol. The van der Waals surface area contributed by atoms with Crippen molar-refractivity contribution in [3.8, 4) is 0 Å². The molecular weight excluding hydrogens is 314 g/mol. The minimum Gasteiger partial charge on any atom is -0.271 e. The Balaban J connectivity index is 1.80. The first kappa shape index (κ1) is 15.2. The number of aromatic nitrogens is 1. The molecule has 0 aliphatic heterocycles. The predicted octanol–water partition coefficient (Wildman–Crippen LogP) is 3.24. The average molecular weight is 334 g/mol. The van der Waals surface area contributed by atoms with E-state index >= 15 is 0 Å². The van der Waals surface area contributed by atoms with E-state index in [2.05, 4.69) is 56.7 Å². The van der Waals surface area contributed by atoms with Crippen LogP contribution in [0, 0.1) is 0 Å². The molecule has 0 saturated carbocycles. The van der Waals surface area contributed by atoms with Crippen molar-refractivity contribution < 1.29 is 0 Å². The Morgan fingerprint density at radius 3 is 2.65 bits per heavy atom. The standard InChI is InChI=1S/C16H20BrN3/c17-15-9-14(11-19-12-15)10-16(20-18)8-4-7-13-5-2-1-3-6-13/h1-3,5-6,9,11-12,16,20H,4,7-8,10,18H2. The Hall–Kier alpha value is -1.23. The predicted molar refractivity (Wildman–Crippen MR) is 86.1 cm³/mol. The fraction of sp³-hybridized carbons (Fsp3) is 0.312. The number of benzene rings is 1. The van der Waals surface area contributed by atoms with E-state index in [0.29, 0.717) is 0 Å². The zero-order chi connectivity index (χ0) is 14.2. The number of aryl methyl sites for hydroxylation is 1. The molecule has 0 radical (unpaired) electrons. The molecule has 1 aromatic carbocycles. The van der Waals surface area contributed by atoms with Crippen molar-refractivity contribution in [2.24, 2.45) is 5.84 Å². The van der Waals surface area contributed by atoms with Crippen molar-refractivity contribution in [2.45, 2.75) is 31.7 Å². The molecule has 0 amide bonds. The first-order valence-corrected chi connectivity index (χ1v) is 7.66. The first-order chi connectivity index (χ1) is 9.78. The molecule has 1 unspecified atom stereocenters. The van der Waals surface area contributed by atoms with Crippen molar-refractivity contribution >= 4 is 15.9 Å². The van der Waals surface area contributed by atoms with Crippen LogP contribution in [0.5, 0.6) is 0 Å². The second kappa shape index (κ2) is 8.15. The van der Waals surface area contributed by atoms with Crippen molar-refractivity contribution in [1.82, 2.24) is 10.4 Å². The number of halogens is 1. The van der Waals surface area contributed by atoms with Gasteiger partial charge in [0.15, 0.2) is 0 Å². The minimum absolute atomic E-state index is 0.287. The van der Waals surface area contributed by atoms with Crippen LogP contribution >= 0.6 is 15.9 Å². The lowest BCUT2D eigenvalue weighted by molar-refractivity contribution is 0.476. The summed E-state index contributed by atoms with van der Waals surface area (Å²) in [6, 6.07) is 12.9. The normalized spacial score (nSPS) is 12.3. The third kappa shape index (κ3) is 5.04. The Labute approximate surface area is 128 Å². The van der Waals surface area contributed by atoms with Gasteiger partial charge < -0.3 is 0 Å². The van der Waals surface area contributed by atoms with Crippen molar-refractivity contribution in [1.29, 1.82) is 0 Å². The fourth-order valence-corrected chi connectivity index (χ4v) is 2.71. The van der Waals surface area contributed by atoms with Crippen LogP contribution in [0.3, 0.4) is 0 Å². The summed E-state index contributed by atoms with van der Waals surface area (Å²) in [6.45, 7) is 0. The molecule has 2 aromatic rings. The molecule has 1 heterocycles. The van der Waals surface area contributed by atoms with Crippen LogP contribution in [0.15, 0.2) is 53.3 Å². The molecule has 0 aliphatic carbocycles. The minimum atomic E-state index is 0.287. The van der Waals surface area contributed by atoms with E-state index in [4.69, 9.17) is 5.84 Å². The van der Waals surface area contributed by atoms with Crippen LogP contribution in [0.4, 0.5) is 0 Å². The number of hydrogen-bond donors (Lipinski definition) is 2. The number of hydrogen-bond acceptors (Lipinski definition) is 3. The topological polar surface area (TPSA) is 50.9 Å². The second-order valence-corrected chi connectivity index (χ2v) is 5.87. The van der Waals surface area contributed by atoms with Gasteiger partial charge in [-0.3, -0.25) is 16.3 Å². The lowest BCUT2D eigenvalue weighted by Crippen LogP contribution is -2.36. The van der Waals surface area contributed by atoms with E-state index in [9.17, 15) is 0 Å². The van der Waals surface area contributed by atoms with E-state index in [1.807, 2.05) is 12.3 Å². The van der Waals surface area contributed by atoms with Crippen LogP contribution in [0.25, 0.3) is 0 Å². The van der Waals surface area contributed by atoms with Crippen LogP contribution in [0.1, 0.15) is 24.0 Å². The summed E-state index contributed by atoms with van der Waals surface area (Å²) in [5, 5.41) is 0. The summed E-state index contributed by atoms with van der Waals surface area (Å²) in [5.41, 5.74) is 5.49. The highest BCUT2D eigenvalue weighted by Crippen LogP contribution is 2.13. The molecule has 0 aliphatic rings. The molecule has 106 valence electrons. The van der Waals surface area contributed by atoms with Gasteiger partial charge in [0, 0.05) is 22.9 Å². The summed E-state index contributed by atoms with van der Waals surface area (Å²) in [7, 11) is 0. The highest BCUT2D eigenvalue weighted by molar-refractivity contribution is 9.10. The zero-order valence-corrected chi connectivity index (χ0v) is 13.0. The Morgan fingerprint density at radius 2 is 1.95 bits per heavy atom. The summed E-state index contributed by atoms with van der Waals surface area (Å²) in [6.07, 6.45) is 7.86. The zero-order valence-electron chi connectivity index (χ0n) is 11.4. The summed E-state index contributed by atoms with van der Waals surface area (Å²) >= 11 is 3.44. The highest BCUT2D eigenvalue weighted by Gasteiger charge is 2.08. The van der Waals surface area contributed by atoms with Gasteiger partial charge in [-0.2, -0.15) is 0 Å². The number of pyridine rings is 1. The SMILES string of the molecule is NNC(CCCc1ccccc1)Cc1cncc(Br)c1. The van der Waals surface area contributed by atoms with Crippen LogP contribution in [-0.2, 0) is 12.8 Å². The van der Waals surface area contributed by atoms with Crippen LogP contribution in [0.2, 0.25) is 0 Å². The Kier molecular flexibility index (Phi) is 6.18. The van der Waals surface area contributed by atoms with Gasteiger partial charge in [-0.25, -0.2) is 0 Å².